The molecule has 1 aliphatic carbocycles. The highest BCUT2D eigenvalue weighted by Crippen LogP contribution is 2.47. The number of benzene rings is 3. The maximum Gasteiger partial charge on any atom is 0.337 e. The van der Waals surface area contributed by atoms with E-state index in [9.17, 15) is 24.3 Å². The number of carbonyl (C=O) groups is 4. The first kappa shape index (κ1) is 25.9. The standard InChI is InChI=1S/C31H28N2O6/c1-39-31(38)21-13-11-20(12-14-21)30-29-24(17-22(18-26(29)34)19-7-3-2-4-8-19)32-23-9-5-6-10-25(23)33(30)27(35)15-16-28(36)37/h2-14,22,30,32H,15-18H2,1H3,(H,36,37)/t22-,30-/m1/s1. The van der Waals surface area contributed by atoms with Gasteiger partial charge in [-0.3, -0.25) is 19.3 Å². The van der Waals surface area contributed by atoms with Gasteiger partial charge in [0.05, 0.1) is 36.5 Å². The molecule has 39 heavy (non-hydrogen) atoms. The highest BCUT2D eigenvalue weighted by atomic mass is 16.5. The molecule has 0 saturated carbocycles. The van der Waals surface area contributed by atoms with Gasteiger partial charge in [0.1, 0.15) is 0 Å². The number of allylic oxidation sites excluding steroid dienone is 1. The second kappa shape index (κ2) is 10.9. The summed E-state index contributed by atoms with van der Waals surface area (Å²) in [5, 5.41) is 12.7. The Kier molecular flexibility index (Phi) is 7.27. The minimum atomic E-state index is -1.08. The molecule has 5 rings (SSSR count). The first-order chi connectivity index (χ1) is 18.9. The summed E-state index contributed by atoms with van der Waals surface area (Å²) in [5.41, 5.74) is 4.42. The Morgan fingerprint density at radius 1 is 0.897 bits per heavy atom. The highest BCUT2D eigenvalue weighted by molar-refractivity contribution is 6.06. The van der Waals surface area contributed by atoms with Crippen molar-refractivity contribution in [2.24, 2.45) is 0 Å². The number of hydrogen-bond donors (Lipinski definition) is 2. The summed E-state index contributed by atoms with van der Waals surface area (Å²) in [7, 11) is 1.30. The molecule has 3 aromatic rings. The summed E-state index contributed by atoms with van der Waals surface area (Å²) in [6, 6.07) is 23.0. The fourth-order valence-electron chi connectivity index (χ4n) is 5.40. The van der Waals surface area contributed by atoms with Gasteiger partial charge in [-0.2, -0.15) is 0 Å². The fourth-order valence-corrected chi connectivity index (χ4v) is 5.40. The molecule has 8 nitrogen and oxygen atoms in total. The van der Waals surface area contributed by atoms with Crippen molar-refractivity contribution in [3.05, 3.63) is 107 Å². The summed E-state index contributed by atoms with van der Waals surface area (Å²) < 4.78 is 4.83. The number of para-hydroxylation sites is 2. The molecular formula is C31H28N2O6. The van der Waals surface area contributed by atoms with E-state index in [0.717, 1.165) is 11.3 Å². The summed E-state index contributed by atoms with van der Waals surface area (Å²) in [6.45, 7) is 0. The number of Topliss-reactive ketones (excluding diaryl/α,β-unsaturated/α-hetero) is 1. The first-order valence-electron chi connectivity index (χ1n) is 12.8. The molecule has 2 aliphatic rings. The number of nitrogens with one attached hydrogen (secondary N) is 1. The fraction of sp³-hybridized carbons (Fsp3) is 0.226. The number of carboxylic acid groups (broad SMARTS) is 1. The molecule has 0 radical (unpaired) electrons. The van der Waals surface area contributed by atoms with Crippen molar-refractivity contribution in [2.45, 2.75) is 37.6 Å². The third-order valence-corrected chi connectivity index (χ3v) is 7.23. The summed E-state index contributed by atoms with van der Waals surface area (Å²) in [5.74, 6) is -2.12. The largest absolute Gasteiger partial charge is 0.481 e. The molecule has 8 heteroatoms. The molecular weight excluding hydrogens is 496 g/mol. The average molecular weight is 525 g/mol. The van der Waals surface area contributed by atoms with E-state index in [4.69, 9.17) is 4.74 Å². The SMILES string of the molecule is COC(=O)c1ccc([C@@H]2C3=C(C[C@@H](c4ccccc4)CC3=O)Nc3ccccc3N2C(=O)CCC(=O)O)cc1. The number of carboxylic acids is 1. The minimum absolute atomic E-state index is 0.0336. The van der Waals surface area contributed by atoms with Gasteiger partial charge in [0.25, 0.3) is 0 Å². The topological polar surface area (TPSA) is 113 Å². The lowest BCUT2D eigenvalue weighted by Gasteiger charge is -2.35. The quantitative estimate of drug-likeness (QED) is 0.424. The molecule has 1 aliphatic heterocycles. The molecule has 0 saturated heterocycles. The van der Waals surface area contributed by atoms with Gasteiger partial charge in [-0.05, 0) is 47.7 Å². The molecule has 3 aromatic carbocycles. The summed E-state index contributed by atoms with van der Waals surface area (Å²) in [6.07, 6.45) is 0.265. The Morgan fingerprint density at radius 3 is 2.28 bits per heavy atom. The number of methoxy groups -OCH3 is 1. The second-order valence-corrected chi connectivity index (χ2v) is 9.65. The van der Waals surface area contributed by atoms with Crippen molar-refractivity contribution >= 4 is 35.0 Å². The number of anilines is 2. The molecule has 1 heterocycles. The van der Waals surface area contributed by atoms with Crippen LogP contribution in [0.25, 0.3) is 0 Å². The molecule has 0 fully saturated rings. The van der Waals surface area contributed by atoms with Crippen LogP contribution in [0.5, 0.6) is 0 Å². The number of aliphatic carboxylic acids is 1. The molecule has 2 N–H and O–H groups in total. The van der Waals surface area contributed by atoms with Crippen LogP contribution in [0.15, 0.2) is 90.1 Å². The zero-order valence-corrected chi connectivity index (χ0v) is 21.4. The Hall–Kier alpha value is -4.72. The monoisotopic (exact) mass is 524 g/mol. The second-order valence-electron chi connectivity index (χ2n) is 9.65. The lowest BCUT2D eigenvalue weighted by atomic mass is 9.78. The van der Waals surface area contributed by atoms with Crippen molar-refractivity contribution in [3.63, 3.8) is 0 Å². The minimum Gasteiger partial charge on any atom is -0.481 e. The van der Waals surface area contributed by atoms with Gasteiger partial charge in [0, 0.05) is 24.1 Å². The lowest BCUT2D eigenvalue weighted by Crippen LogP contribution is -2.38. The molecule has 2 atom stereocenters. The van der Waals surface area contributed by atoms with Crippen molar-refractivity contribution < 1.29 is 29.0 Å². The number of nitrogens with zero attached hydrogens (tertiary/aromatic N) is 1. The Bertz CT molecular complexity index is 1460. The van der Waals surface area contributed by atoms with Gasteiger partial charge in [-0.1, -0.05) is 54.6 Å². The van der Waals surface area contributed by atoms with E-state index in [1.807, 2.05) is 42.5 Å². The van der Waals surface area contributed by atoms with Crippen LogP contribution >= 0.6 is 0 Å². The number of amides is 1. The van der Waals surface area contributed by atoms with Crippen LogP contribution in [0, 0.1) is 0 Å². The zero-order valence-electron chi connectivity index (χ0n) is 21.4. The van der Waals surface area contributed by atoms with Crippen LogP contribution in [0.2, 0.25) is 0 Å². The van der Waals surface area contributed by atoms with E-state index >= 15 is 0 Å². The number of fused-ring (bicyclic) bond motifs is 1. The first-order valence-corrected chi connectivity index (χ1v) is 12.8. The predicted molar refractivity (Wildman–Crippen MR) is 145 cm³/mol. The third kappa shape index (κ3) is 5.18. The van der Waals surface area contributed by atoms with Crippen molar-refractivity contribution in [1.29, 1.82) is 0 Å². The molecule has 198 valence electrons. The van der Waals surface area contributed by atoms with Crippen molar-refractivity contribution in [1.82, 2.24) is 0 Å². The van der Waals surface area contributed by atoms with Gasteiger partial charge in [-0.25, -0.2) is 4.79 Å². The van der Waals surface area contributed by atoms with Crippen LogP contribution in [0.1, 0.15) is 59.1 Å². The number of hydrogen-bond acceptors (Lipinski definition) is 6. The van der Waals surface area contributed by atoms with E-state index in [-0.39, 0.29) is 31.0 Å². The number of ether oxygens (including phenoxy) is 1. The van der Waals surface area contributed by atoms with Crippen LogP contribution in [0.4, 0.5) is 11.4 Å². The van der Waals surface area contributed by atoms with Crippen LogP contribution in [-0.2, 0) is 19.1 Å². The van der Waals surface area contributed by atoms with Crippen LogP contribution < -0.4 is 10.2 Å². The zero-order chi connectivity index (χ0) is 27.5. The van der Waals surface area contributed by atoms with Gasteiger partial charge >= 0.3 is 11.9 Å². The molecule has 0 bridgehead atoms. The van der Waals surface area contributed by atoms with E-state index < -0.39 is 23.9 Å². The molecule has 0 spiro atoms. The van der Waals surface area contributed by atoms with E-state index in [0.29, 0.717) is 34.5 Å². The Balaban J connectivity index is 1.68. The number of rotatable bonds is 6. The van der Waals surface area contributed by atoms with E-state index in [1.54, 1.807) is 36.4 Å². The number of ketones is 1. The van der Waals surface area contributed by atoms with Crippen molar-refractivity contribution in [2.75, 3.05) is 17.3 Å². The normalized spacial score (nSPS) is 18.4. The van der Waals surface area contributed by atoms with Gasteiger partial charge in [-0.15, -0.1) is 0 Å². The smallest absolute Gasteiger partial charge is 0.337 e. The third-order valence-electron chi connectivity index (χ3n) is 7.23. The summed E-state index contributed by atoms with van der Waals surface area (Å²) in [4.78, 5) is 52.6. The number of esters is 1. The Labute approximate surface area is 225 Å². The Morgan fingerprint density at radius 2 is 1.59 bits per heavy atom. The van der Waals surface area contributed by atoms with Crippen LogP contribution in [-0.4, -0.2) is 35.8 Å². The highest BCUT2D eigenvalue weighted by Gasteiger charge is 2.41. The number of carbonyl (C=O) groups excluding carboxylic acids is 3. The summed E-state index contributed by atoms with van der Waals surface area (Å²) >= 11 is 0. The molecule has 0 aromatic heterocycles. The van der Waals surface area contributed by atoms with Crippen molar-refractivity contribution in [3.8, 4) is 0 Å². The predicted octanol–water partition coefficient (Wildman–Crippen LogP) is 5.24. The molecule has 0 unspecified atom stereocenters. The van der Waals surface area contributed by atoms with E-state index in [2.05, 4.69) is 5.32 Å². The van der Waals surface area contributed by atoms with Gasteiger partial charge in [0.15, 0.2) is 5.78 Å². The average Bonchev–Trinajstić information content (AvgIpc) is 3.10. The van der Waals surface area contributed by atoms with Gasteiger partial charge < -0.3 is 15.2 Å². The van der Waals surface area contributed by atoms with Gasteiger partial charge in [0.2, 0.25) is 5.91 Å². The molecule has 1 amide bonds. The van der Waals surface area contributed by atoms with E-state index in [1.165, 1.54) is 12.0 Å². The lowest BCUT2D eigenvalue weighted by molar-refractivity contribution is -0.138. The van der Waals surface area contributed by atoms with Crippen LogP contribution in [0.3, 0.4) is 0 Å². The maximum absolute atomic E-state index is 14.0. The maximum atomic E-state index is 14.0.